The number of fused-ring (bicyclic) bond motifs is 1. The molecule has 0 amide bonds. The molecule has 22 heavy (non-hydrogen) atoms. The van der Waals surface area contributed by atoms with Crippen molar-refractivity contribution in [1.29, 1.82) is 0 Å². The second kappa shape index (κ2) is 5.42. The van der Waals surface area contributed by atoms with Gasteiger partial charge < -0.3 is 8.94 Å². The molecule has 1 unspecified atom stereocenters. The van der Waals surface area contributed by atoms with Gasteiger partial charge in [0.15, 0.2) is 5.82 Å². The molecular weight excluding hydrogens is 282 g/mol. The minimum absolute atomic E-state index is 0.134. The second-order valence-electron chi connectivity index (χ2n) is 5.68. The summed E-state index contributed by atoms with van der Waals surface area (Å²) in [5.41, 5.74) is 2.36. The number of aryl methyl sites for hydroxylation is 1. The van der Waals surface area contributed by atoms with Crippen LogP contribution < -0.4 is 0 Å². The first-order valence-corrected chi connectivity index (χ1v) is 7.32. The lowest BCUT2D eigenvalue weighted by Gasteiger charge is -2.21. The van der Waals surface area contributed by atoms with Gasteiger partial charge in [-0.1, -0.05) is 5.16 Å². The Morgan fingerprint density at radius 2 is 2.27 bits per heavy atom. The van der Waals surface area contributed by atoms with Gasteiger partial charge in [-0.3, -0.25) is 9.58 Å². The summed E-state index contributed by atoms with van der Waals surface area (Å²) in [5, 5.41) is 8.33. The molecule has 4 rings (SSSR count). The molecule has 1 atom stereocenters. The molecule has 114 valence electrons. The number of rotatable bonds is 3. The topological polar surface area (TPSA) is 73.1 Å². The lowest BCUT2D eigenvalue weighted by atomic mass is 10.1. The van der Waals surface area contributed by atoms with Crippen molar-refractivity contribution in [2.75, 3.05) is 6.54 Å². The Morgan fingerprint density at radius 3 is 3.05 bits per heavy atom. The fourth-order valence-corrected chi connectivity index (χ4v) is 2.93. The largest absolute Gasteiger partial charge is 0.472 e. The SMILES string of the molecule is Cc1noc(C2CN(Cc3ccoc3)Cc3ccnn3C2)n1. The monoisotopic (exact) mass is 299 g/mol. The summed E-state index contributed by atoms with van der Waals surface area (Å²) in [6.45, 7) is 5.11. The summed E-state index contributed by atoms with van der Waals surface area (Å²) in [6, 6.07) is 4.05. The van der Waals surface area contributed by atoms with E-state index in [1.807, 2.05) is 23.9 Å². The highest BCUT2D eigenvalue weighted by molar-refractivity contribution is 5.09. The predicted octanol–water partition coefficient (Wildman–Crippen LogP) is 1.97. The molecule has 0 saturated heterocycles. The molecule has 3 aromatic rings. The molecule has 0 aliphatic carbocycles. The van der Waals surface area contributed by atoms with Crippen LogP contribution in [0.4, 0.5) is 0 Å². The van der Waals surface area contributed by atoms with E-state index in [2.05, 4.69) is 26.2 Å². The molecule has 0 aromatic carbocycles. The van der Waals surface area contributed by atoms with E-state index in [-0.39, 0.29) is 5.92 Å². The summed E-state index contributed by atoms with van der Waals surface area (Å²) in [5.74, 6) is 1.48. The van der Waals surface area contributed by atoms with Gasteiger partial charge in [-0.15, -0.1) is 0 Å². The Kier molecular flexibility index (Phi) is 3.27. The van der Waals surface area contributed by atoms with Gasteiger partial charge in [-0.2, -0.15) is 10.1 Å². The van der Waals surface area contributed by atoms with E-state index in [9.17, 15) is 0 Å². The Balaban J connectivity index is 1.62. The summed E-state index contributed by atoms with van der Waals surface area (Å²) in [6.07, 6.45) is 5.33. The van der Waals surface area contributed by atoms with Crippen LogP contribution >= 0.6 is 0 Å². The van der Waals surface area contributed by atoms with E-state index in [0.717, 1.165) is 31.7 Å². The molecule has 7 nitrogen and oxygen atoms in total. The molecule has 4 heterocycles. The lowest BCUT2D eigenvalue weighted by molar-refractivity contribution is 0.226. The van der Waals surface area contributed by atoms with Crippen molar-refractivity contribution in [3.63, 3.8) is 0 Å². The van der Waals surface area contributed by atoms with Crippen LogP contribution in [0, 0.1) is 6.92 Å². The minimum atomic E-state index is 0.134. The summed E-state index contributed by atoms with van der Waals surface area (Å²) >= 11 is 0. The third kappa shape index (κ3) is 2.55. The smallest absolute Gasteiger partial charge is 0.232 e. The summed E-state index contributed by atoms with van der Waals surface area (Å²) < 4.78 is 12.6. The highest BCUT2D eigenvalue weighted by Gasteiger charge is 2.27. The maximum Gasteiger partial charge on any atom is 0.232 e. The van der Waals surface area contributed by atoms with Crippen molar-refractivity contribution < 1.29 is 8.94 Å². The average Bonchev–Trinajstić information content (AvgIpc) is 3.21. The Labute approximate surface area is 127 Å². The zero-order valence-corrected chi connectivity index (χ0v) is 12.3. The van der Waals surface area contributed by atoms with Gasteiger partial charge in [0.25, 0.3) is 0 Å². The second-order valence-corrected chi connectivity index (χ2v) is 5.68. The molecule has 0 fully saturated rings. The van der Waals surface area contributed by atoms with E-state index >= 15 is 0 Å². The van der Waals surface area contributed by atoms with Crippen molar-refractivity contribution in [1.82, 2.24) is 24.8 Å². The third-order valence-electron chi connectivity index (χ3n) is 3.94. The normalized spacial score (nSPS) is 19.0. The fourth-order valence-electron chi connectivity index (χ4n) is 2.93. The van der Waals surface area contributed by atoms with Gasteiger partial charge in [0.2, 0.25) is 5.89 Å². The molecule has 1 aliphatic heterocycles. The molecule has 0 radical (unpaired) electrons. The van der Waals surface area contributed by atoms with Crippen LogP contribution in [0.15, 0.2) is 39.8 Å². The van der Waals surface area contributed by atoms with Crippen LogP contribution in [0.2, 0.25) is 0 Å². The highest BCUT2D eigenvalue weighted by atomic mass is 16.5. The quantitative estimate of drug-likeness (QED) is 0.736. The van der Waals surface area contributed by atoms with Crippen LogP contribution in [0.5, 0.6) is 0 Å². The standard InChI is InChI=1S/C15H17N5O2/c1-11-17-15(22-18-11)13-7-19(6-12-3-5-21-10-12)9-14-2-4-16-20(14)8-13/h2-5,10,13H,6-9H2,1H3. The Hall–Kier alpha value is -2.41. The number of nitrogens with zero attached hydrogens (tertiary/aromatic N) is 5. The molecule has 1 aliphatic rings. The van der Waals surface area contributed by atoms with Gasteiger partial charge in [0, 0.05) is 31.4 Å². The van der Waals surface area contributed by atoms with Gasteiger partial charge in [-0.05, 0) is 19.1 Å². The number of furan rings is 1. The van der Waals surface area contributed by atoms with E-state index < -0.39 is 0 Å². The predicted molar refractivity (Wildman–Crippen MR) is 76.8 cm³/mol. The first kappa shape index (κ1) is 13.3. The van der Waals surface area contributed by atoms with Crippen LogP contribution in [0.3, 0.4) is 0 Å². The van der Waals surface area contributed by atoms with Gasteiger partial charge >= 0.3 is 0 Å². The molecule has 0 N–H and O–H groups in total. The van der Waals surface area contributed by atoms with Crippen LogP contribution in [0.1, 0.15) is 28.9 Å². The Morgan fingerprint density at radius 1 is 1.32 bits per heavy atom. The highest BCUT2D eigenvalue weighted by Crippen LogP contribution is 2.24. The van der Waals surface area contributed by atoms with Gasteiger partial charge in [-0.25, -0.2) is 0 Å². The van der Waals surface area contributed by atoms with Crippen molar-refractivity contribution in [3.05, 3.63) is 53.8 Å². The van der Waals surface area contributed by atoms with E-state index in [1.165, 1.54) is 5.69 Å². The van der Waals surface area contributed by atoms with Crippen LogP contribution in [0.25, 0.3) is 0 Å². The van der Waals surface area contributed by atoms with E-state index in [4.69, 9.17) is 8.94 Å². The first-order valence-electron chi connectivity index (χ1n) is 7.32. The van der Waals surface area contributed by atoms with Gasteiger partial charge in [0.1, 0.15) is 0 Å². The number of aromatic nitrogens is 4. The van der Waals surface area contributed by atoms with Crippen molar-refractivity contribution in [3.8, 4) is 0 Å². The fraction of sp³-hybridized carbons (Fsp3) is 0.400. The van der Waals surface area contributed by atoms with Crippen LogP contribution in [-0.4, -0.2) is 31.4 Å². The maximum atomic E-state index is 5.39. The molecular formula is C15H17N5O2. The number of hydrogen-bond donors (Lipinski definition) is 0. The zero-order valence-electron chi connectivity index (χ0n) is 12.3. The number of hydrogen-bond acceptors (Lipinski definition) is 6. The van der Waals surface area contributed by atoms with E-state index in [0.29, 0.717) is 11.7 Å². The van der Waals surface area contributed by atoms with Crippen molar-refractivity contribution >= 4 is 0 Å². The van der Waals surface area contributed by atoms with Crippen molar-refractivity contribution in [2.45, 2.75) is 32.5 Å². The molecule has 0 spiro atoms. The van der Waals surface area contributed by atoms with E-state index in [1.54, 1.807) is 12.5 Å². The summed E-state index contributed by atoms with van der Waals surface area (Å²) in [4.78, 5) is 6.76. The van der Waals surface area contributed by atoms with Crippen molar-refractivity contribution in [2.24, 2.45) is 0 Å². The maximum absolute atomic E-state index is 5.39. The lowest BCUT2D eigenvalue weighted by Crippen LogP contribution is -2.26. The molecule has 0 bridgehead atoms. The van der Waals surface area contributed by atoms with Gasteiger partial charge in [0.05, 0.1) is 30.7 Å². The Bertz CT molecular complexity index is 746. The average molecular weight is 299 g/mol. The molecule has 7 heteroatoms. The first-order chi connectivity index (χ1) is 10.8. The molecule has 0 saturated carbocycles. The minimum Gasteiger partial charge on any atom is -0.472 e. The van der Waals surface area contributed by atoms with Crippen LogP contribution in [-0.2, 0) is 19.6 Å². The molecule has 3 aromatic heterocycles. The third-order valence-corrected chi connectivity index (χ3v) is 3.94. The zero-order chi connectivity index (χ0) is 14.9. The summed E-state index contributed by atoms with van der Waals surface area (Å²) in [7, 11) is 0.